The van der Waals surface area contributed by atoms with Gasteiger partial charge in [-0.2, -0.15) is 18.3 Å². The molecular weight excluding hydrogens is 371 g/mol. The van der Waals surface area contributed by atoms with Crippen molar-refractivity contribution in [3.05, 3.63) is 66.4 Å². The van der Waals surface area contributed by atoms with E-state index >= 15 is 0 Å². The van der Waals surface area contributed by atoms with E-state index in [1.54, 1.807) is 12.1 Å². The molecular formula is C15H12F3N5O2S. The summed E-state index contributed by atoms with van der Waals surface area (Å²) in [5.41, 5.74) is -0.398. The maximum absolute atomic E-state index is 12.6. The van der Waals surface area contributed by atoms with Crippen molar-refractivity contribution in [2.45, 2.75) is 17.6 Å². The first-order valence-corrected chi connectivity index (χ1v) is 8.71. The molecule has 0 atom stereocenters. The summed E-state index contributed by atoms with van der Waals surface area (Å²) < 4.78 is 66.1. The van der Waals surface area contributed by atoms with Crippen LogP contribution in [0.15, 0.2) is 60.1 Å². The second-order valence-corrected chi connectivity index (χ2v) is 6.94. The number of hydrogen-bond acceptors (Lipinski definition) is 5. The fraction of sp³-hybridized carbons (Fsp3) is 0.133. The fourth-order valence-electron chi connectivity index (χ4n) is 2.17. The number of rotatable bonds is 5. The molecule has 0 amide bonds. The Morgan fingerprint density at radius 2 is 1.85 bits per heavy atom. The van der Waals surface area contributed by atoms with E-state index in [1.165, 1.54) is 23.5 Å². The summed E-state index contributed by atoms with van der Waals surface area (Å²) in [5.74, 6) is 0.389. The molecule has 26 heavy (non-hydrogen) atoms. The van der Waals surface area contributed by atoms with E-state index in [4.69, 9.17) is 0 Å². The Labute approximate surface area is 146 Å². The highest BCUT2D eigenvalue weighted by molar-refractivity contribution is 7.89. The quantitative estimate of drug-likeness (QED) is 0.729. The highest BCUT2D eigenvalue weighted by Gasteiger charge is 2.30. The van der Waals surface area contributed by atoms with Crippen molar-refractivity contribution in [2.24, 2.45) is 0 Å². The Morgan fingerprint density at radius 1 is 1.12 bits per heavy atom. The van der Waals surface area contributed by atoms with Crippen LogP contribution in [0.3, 0.4) is 0 Å². The van der Waals surface area contributed by atoms with Crippen LogP contribution in [0.1, 0.15) is 11.1 Å². The second-order valence-electron chi connectivity index (χ2n) is 5.17. The lowest BCUT2D eigenvalue weighted by Crippen LogP contribution is -2.24. The number of nitrogens with one attached hydrogen (secondary N) is 1. The molecule has 11 heteroatoms. The van der Waals surface area contributed by atoms with E-state index in [0.717, 1.165) is 24.3 Å². The zero-order valence-corrected chi connectivity index (χ0v) is 13.9. The monoisotopic (exact) mass is 383 g/mol. The number of benzene rings is 1. The lowest BCUT2D eigenvalue weighted by Gasteiger charge is -2.11. The smallest absolute Gasteiger partial charge is 0.237 e. The standard InChI is InChI=1S/C15H12F3N5O2S/c16-15(17,18)12-3-5-13(6-4-12)26(24,25)22-8-11-2-1-7-20-14(11)23-10-19-9-21-23/h1-7,9-10,22H,8H2. The van der Waals surface area contributed by atoms with Crippen LogP contribution < -0.4 is 4.72 Å². The van der Waals surface area contributed by atoms with Crippen molar-refractivity contribution in [2.75, 3.05) is 0 Å². The van der Waals surface area contributed by atoms with Crippen LogP contribution in [0.4, 0.5) is 13.2 Å². The highest BCUT2D eigenvalue weighted by atomic mass is 32.2. The minimum Gasteiger partial charge on any atom is -0.237 e. The van der Waals surface area contributed by atoms with E-state index in [9.17, 15) is 21.6 Å². The lowest BCUT2D eigenvalue weighted by atomic mass is 10.2. The molecule has 0 unspecified atom stereocenters. The van der Waals surface area contributed by atoms with Gasteiger partial charge in [0.05, 0.1) is 10.5 Å². The molecule has 0 saturated carbocycles. The molecule has 0 radical (unpaired) electrons. The normalized spacial score (nSPS) is 12.3. The van der Waals surface area contributed by atoms with E-state index in [0.29, 0.717) is 11.4 Å². The first-order valence-electron chi connectivity index (χ1n) is 7.23. The van der Waals surface area contributed by atoms with Gasteiger partial charge in [0.1, 0.15) is 12.7 Å². The molecule has 2 heterocycles. The van der Waals surface area contributed by atoms with Crippen LogP contribution in [-0.4, -0.2) is 28.2 Å². The number of pyridine rings is 1. The second kappa shape index (κ2) is 6.84. The lowest BCUT2D eigenvalue weighted by molar-refractivity contribution is -0.137. The van der Waals surface area contributed by atoms with Crippen molar-refractivity contribution in [3.8, 4) is 5.82 Å². The van der Waals surface area contributed by atoms with Gasteiger partial charge in [-0.3, -0.25) is 0 Å². The van der Waals surface area contributed by atoms with Crippen LogP contribution in [0.2, 0.25) is 0 Å². The van der Waals surface area contributed by atoms with Gasteiger partial charge in [-0.15, -0.1) is 0 Å². The Balaban J connectivity index is 1.80. The average molecular weight is 383 g/mol. The molecule has 2 aromatic heterocycles. The van der Waals surface area contributed by atoms with Crippen LogP contribution in [0.25, 0.3) is 5.82 Å². The Hall–Kier alpha value is -2.79. The van der Waals surface area contributed by atoms with Gasteiger partial charge in [0, 0.05) is 18.3 Å². The summed E-state index contributed by atoms with van der Waals surface area (Å²) in [7, 11) is -4.00. The van der Waals surface area contributed by atoms with Crippen molar-refractivity contribution in [3.63, 3.8) is 0 Å². The summed E-state index contributed by atoms with van der Waals surface area (Å²) in [4.78, 5) is 7.67. The van der Waals surface area contributed by atoms with Gasteiger partial charge >= 0.3 is 6.18 Å². The molecule has 7 nitrogen and oxygen atoms in total. The number of halogens is 3. The Morgan fingerprint density at radius 3 is 2.46 bits per heavy atom. The van der Waals surface area contributed by atoms with E-state index in [2.05, 4.69) is 19.8 Å². The zero-order valence-electron chi connectivity index (χ0n) is 13.1. The molecule has 136 valence electrons. The van der Waals surface area contributed by atoms with Gasteiger partial charge in [0.25, 0.3) is 0 Å². The topological polar surface area (TPSA) is 89.8 Å². The highest BCUT2D eigenvalue weighted by Crippen LogP contribution is 2.29. The molecule has 1 aromatic carbocycles. The van der Waals surface area contributed by atoms with Crippen molar-refractivity contribution in [1.82, 2.24) is 24.5 Å². The number of hydrogen-bond donors (Lipinski definition) is 1. The van der Waals surface area contributed by atoms with Gasteiger partial charge in [-0.1, -0.05) is 6.07 Å². The van der Waals surface area contributed by atoms with Gasteiger partial charge < -0.3 is 0 Å². The molecule has 3 rings (SSSR count). The maximum Gasteiger partial charge on any atom is 0.416 e. The van der Waals surface area contributed by atoms with Gasteiger partial charge in [-0.05, 0) is 30.3 Å². The van der Waals surface area contributed by atoms with Gasteiger partial charge in [0.15, 0.2) is 5.82 Å². The van der Waals surface area contributed by atoms with Crippen LogP contribution >= 0.6 is 0 Å². The molecule has 1 N–H and O–H groups in total. The van der Waals surface area contributed by atoms with Crippen LogP contribution in [0.5, 0.6) is 0 Å². The Kier molecular flexibility index (Phi) is 4.74. The minimum absolute atomic E-state index is 0.119. The minimum atomic E-state index is -4.53. The van der Waals surface area contributed by atoms with Crippen molar-refractivity contribution >= 4 is 10.0 Å². The summed E-state index contributed by atoms with van der Waals surface area (Å²) in [5, 5.41) is 3.94. The maximum atomic E-state index is 12.6. The predicted octanol–water partition coefficient (Wildman–Crippen LogP) is 2.16. The third-order valence-corrected chi connectivity index (χ3v) is 4.86. The number of alkyl halides is 3. The van der Waals surface area contributed by atoms with Crippen molar-refractivity contribution < 1.29 is 21.6 Å². The van der Waals surface area contributed by atoms with E-state index in [-0.39, 0.29) is 11.4 Å². The first-order chi connectivity index (χ1) is 12.3. The largest absolute Gasteiger partial charge is 0.416 e. The Bertz CT molecular complexity index is 987. The summed E-state index contributed by atoms with van der Waals surface area (Å²) in [6.07, 6.45) is -0.288. The molecule has 0 aliphatic rings. The first kappa shape index (κ1) is 18.0. The van der Waals surface area contributed by atoms with Gasteiger partial charge in [0.2, 0.25) is 10.0 Å². The van der Waals surface area contributed by atoms with Crippen molar-refractivity contribution in [1.29, 1.82) is 0 Å². The zero-order chi connectivity index (χ0) is 18.8. The molecule has 0 aliphatic carbocycles. The molecule has 0 saturated heterocycles. The number of aromatic nitrogens is 4. The van der Waals surface area contributed by atoms with Crippen LogP contribution in [0, 0.1) is 0 Å². The molecule has 0 spiro atoms. The molecule has 0 aliphatic heterocycles. The fourth-order valence-corrected chi connectivity index (χ4v) is 3.18. The molecule has 3 aromatic rings. The average Bonchev–Trinajstić information content (AvgIpc) is 3.14. The summed E-state index contributed by atoms with van der Waals surface area (Å²) in [6.45, 7) is -0.119. The third kappa shape index (κ3) is 3.89. The molecule has 0 bridgehead atoms. The van der Waals surface area contributed by atoms with E-state index in [1.807, 2.05) is 0 Å². The molecule has 0 fully saturated rings. The predicted molar refractivity (Wildman–Crippen MR) is 84.6 cm³/mol. The SMILES string of the molecule is O=S(=O)(NCc1cccnc1-n1cncn1)c1ccc(C(F)(F)F)cc1. The van der Waals surface area contributed by atoms with E-state index < -0.39 is 21.8 Å². The summed E-state index contributed by atoms with van der Waals surface area (Å²) >= 11 is 0. The number of nitrogens with zero attached hydrogens (tertiary/aromatic N) is 4. The van der Waals surface area contributed by atoms with Crippen LogP contribution in [-0.2, 0) is 22.7 Å². The summed E-state index contributed by atoms with van der Waals surface area (Å²) in [6, 6.07) is 6.54. The third-order valence-electron chi connectivity index (χ3n) is 3.45. The number of sulfonamides is 1. The van der Waals surface area contributed by atoms with Gasteiger partial charge in [-0.25, -0.2) is 27.8 Å².